The second kappa shape index (κ2) is 4.79. The Hall–Kier alpha value is -1.83. The topological polar surface area (TPSA) is 26.3 Å². The molecule has 0 heterocycles. The van der Waals surface area contributed by atoms with Gasteiger partial charge < -0.3 is 4.74 Å². The van der Waals surface area contributed by atoms with E-state index in [2.05, 4.69) is 0 Å². The number of carbonyl (C=O) groups excluding carboxylic acids is 1. The van der Waals surface area contributed by atoms with Gasteiger partial charge in [-0.15, -0.1) is 0 Å². The third-order valence-corrected chi connectivity index (χ3v) is 2.55. The van der Waals surface area contributed by atoms with E-state index in [1.54, 1.807) is 0 Å². The van der Waals surface area contributed by atoms with Gasteiger partial charge in [-0.25, -0.2) is 0 Å². The van der Waals surface area contributed by atoms with Gasteiger partial charge >= 0.3 is 5.97 Å². The van der Waals surface area contributed by atoms with E-state index in [0.717, 1.165) is 5.56 Å². The normalized spacial score (nSPS) is 16.3. The smallest absolute Gasteiger partial charge is 0.303 e. The summed E-state index contributed by atoms with van der Waals surface area (Å²) in [6.45, 7) is 1.44. The molecular weight excluding hydrogens is 200 g/mol. The van der Waals surface area contributed by atoms with E-state index in [1.165, 1.54) is 6.92 Å². The van der Waals surface area contributed by atoms with Crippen molar-refractivity contribution in [1.29, 1.82) is 0 Å². The Kier molecular flexibility index (Phi) is 3.20. The Bertz CT molecular complexity index is 406. The number of allylic oxidation sites excluding steroid dienone is 2. The van der Waals surface area contributed by atoms with E-state index >= 15 is 0 Å². The summed E-state index contributed by atoms with van der Waals surface area (Å²) in [5.74, 6) is -0.103. The van der Waals surface area contributed by atoms with Gasteiger partial charge in [0.2, 0.25) is 0 Å². The van der Waals surface area contributed by atoms with Crippen molar-refractivity contribution in [3.63, 3.8) is 0 Å². The molecule has 16 heavy (non-hydrogen) atoms. The average Bonchev–Trinajstić information content (AvgIpc) is 2.80. The third kappa shape index (κ3) is 2.40. The van der Waals surface area contributed by atoms with Crippen LogP contribution in [0.3, 0.4) is 0 Å². The molecule has 0 saturated carbocycles. The van der Waals surface area contributed by atoms with Crippen molar-refractivity contribution in [2.24, 2.45) is 5.92 Å². The van der Waals surface area contributed by atoms with E-state index in [0.29, 0.717) is 0 Å². The van der Waals surface area contributed by atoms with Crippen molar-refractivity contribution in [2.45, 2.75) is 13.0 Å². The molecular formula is C14H14O2. The highest BCUT2D eigenvalue weighted by molar-refractivity contribution is 5.66. The van der Waals surface area contributed by atoms with E-state index in [-0.39, 0.29) is 18.0 Å². The first-order chi connectivity index (χ1) is 7.77. The molecule has 0 N–H and O–H groups in total. The number of hydrogen-bond donors (Lipinski definition) is 0. The summed E-state index contributed by atoms with van der Waals surface area (Å²) in [6, 6.07) is 9.82. The van der Waals surface area contributed by atoms with Crippen LogP contribution >= 0.6 is 0 Å². The van der Waals surface area contributed by atoms with Crippen molar-refractivity contribution in [2.75, 3.05) is 0 Å². The Morgan fingerprint density at radius 1 is 1.19 bits per heavy atom. The summed E-state index contributed by atoms with van der Waals surface area (Å²) in [6.07, 6.45) is 7.82. The van der Waals surface area contributed by atoms with Gasteiger partial charge in [0.05, 0.1) is 0 Å². The lowest BCUT2D eigenvalue weighted by atomic mass is 9.97. The van der Waals surface area contributed by atoms with Gasteiger partial charge in [0.15, 0.2) is 0 Å². The Labute approximate surface area is 95.2 Å². The second-order valence-corrected chi connectivity index (χ2v) is 3.79. The molecule has 2 heteroatoms. The van der Waals surface area contributed by atoms with Crippen LogP contribution in [0, 0.1) is 5.92 Å². The molecule has 0 amide bonds. The maximum atomic E-state index is 11.1. The first-order valence-electron chi connectivity index (χ1n) is 5.34. The van der Waals surface area contributed by atoms with E-state index in [4.69, 9.17) is 4.74 Å². The summed E-state index contributed by atoms with van der Waals surface area (Å²) in [5, 5.41) is 0. The molecule has 1 aromatic carbocycles. The molecule has 0 fully saturated rings. The van der Waals surface area contributed by atoms with Crippen molar-refractivity contribution in [1.82, 2.24) is 0 Å². The molecule has 0 saturated heterocycles. The predicted molar refractivity (Wildman–Crippen MR) is 62.7 cm³/mol. The lowest BCUT2D eigenvalue weighted by Crippen LogP contribution is -2.14. The van der Waals surface area contributed by atoms with Crippen molar-refractivity contribution < 1.29 is 9.53 Å². The van der Waals surface area contributed by atoms with Gasteiger partial charge in [-0.2, -0.15) is 0 Å². The lowest BCUT2D eigenvalue weighted by molar-refractivity contribution is -0.147. The molecule has 1 aromatic rings. The fourth-order valence-electron chi connectivity index (χ4n) is 1.84. The minimum absolute atomic E-state index is 0.145. The molecule has 1 aliphatic rings. The monoisotopic (exact) mass is 214 g/mol. The first kappa shape index (κ1) is 10.7. The Morgan fingerprint density at radius 3 is 2.38 bits per heavy atom. The highest BCUT2D eigenvalue weighted by Crippen LogP contribution is 2.30. The summed E-state index contributed by atoms with van der Waals surface area (Å²) in [4.78, 5) is 11.1. The highest BCUT2D eigenvalue weighted by Gasteiger charge is 2.22. The van der Waals surface area contributed by atoms with E-state index in [1.807, 2.05) is 54.6 Å². The van der Waals surface area contributed by atoms with Gasteiger partial charge in [0, 0.05) is 12.8 Å². The van der Waals surface area contributed by atoms with Gasteiger partial charge in [-0.3, -0.25) is 4.79 Å². The molecule has 2 rings (SSSR count). The molecule has 0 bridgehead atoms. The largest absolute Gasteiger partial charge is 0.457 e. The van der Waals surface area contributed by atoms with Crippen LogP contribution in [0.2, 0.25) is 0 Å². The SMILES string of the molecule is CC(=O)O[C@@H](c1ccccc1)C1C=CC=C1. The van der Waals surface area contributed by atoms with Crippen LogP contribution in [-0.2, 0) is 9.53 Å². The molecule has 0 aliphatic heterocycles. The van der Waals surface area contributed by atoms with E-state index in [9.17, 15) is 4.79 Å². The zero-order valence-corrected chi connectivity index (χ0v) is 9.17. The molecule has 82 valence electrons. The van der Waals surface area contributed by atoms with Crippen LogP contribution in [0.4, 0.5) is 0 Å². The number of benzene rings is 1. The van der Waals surface area contributed by atoms with Crippen LogP contribution in [-0.4, -0.2) is 5.97 Å². The van der Waals surface area contributed by atoms with Crippen LogP contribution < -0.4 is 0 Å². The first-order valence-corrected chi connectivity index (χ1v) is 5.34. The van der Waals surface area contributed by atoms with Gasteiger partial charge in [-0.05, 0) is 5.56 Å². The second-order valence-electron chi connectivity index (χ2n) is 3.79. The minimum Gasteiger partial charge on any atom is -0.457 e. The van der Waals surface area contributed by atoms with Crippen molar-refractivity contribution in [3.8, 4) is 0 Å². The lowest BCUT2D eigenvalue weighted by Gasteiger charge is -2.21. The third-order valence-electron chi connectivity index (χ3n) is 2.55. The molecule has 2 nitrogen and oxygen atoms in total. The molecule has 0 spiro atoms. The van der Waals surface area contributed by atoms with Crippen LogP contribution in [0.15, 0.2) is 54.6 Å². The summed E-state index contributed by atoms with van der Waals surface area (Å²) < 4.78 is 5.38. The summed E-state index contributed by atoms with van der Waals surface area (Å²) >= 11 is 0. The Morgan fingerprint density at radius 2 is 1.81 bits per heavy atom. The zero-order chi connectivity index (χ0) is 11.4. The quantitative estimate of drug-likeness (QED) is 0.723. The number of ether oxygens (including phenoxy) is 1. The van der Waals surface area contributed by atoms with Gasteiger partial charge in [-0.1, -0.05) is 54.6 Å². The summed E-state index contributed by atoms with van der Waals surface area (Å²) in [7, 11) is 0. The maximum absolute atomic E-state index is 11.1. The fraction of sp³-hybridized carbons (Fsp3) is 0.214. The average molecular weight is 214 g/mol. The molecule has 1 aliphatic carbocycles. The number of carbonyl (C=O) groups is 1. The van der Waals surface area contributed by atoms with Crippen molar-refractivity contribution >= 4 is 5.97 Å². The summed E-state index contributed by atoms with van der Waals surface area (Å²) in [5.41, 5.74) is 1.03. The molecule has 0 aromatic heterocycles. The van der Waals surface area contributed by atoms with Crippen LogP contribution in [0.5, 0.6) is 0 Å². The predicted octanol–water partition coefficient (Wildman–Crippen LogP) is 3.03. The molecule has 0 unspecified atom stereocenters. The van der Waals surface area contributed by atoms with E-state index < -0.39 is 0 Å². The number of esters is 1. The van der Waals surface area contributed by atoms with Gasteiger partial charge in [0.25, 0.3) is 0 Å². The number of hydrogen-bond acceptors (Lipinski definition) is 2. The minimum atomic E-state index is -0.248. The van der Waals surface area contributed by atoms with Gasteiger partial charge in [0.1, 0.15) is 6.10 Å². The van der Waals surface area contributed by atoms with Crippen LogP contribution in [0.25, 0.3) is 0 Å². The Balaban J connectivity index is 2.24. The highest BCUT2D eigenvalue weighted by atomic mass is 16.5. The fourth-order valence-corrected chi connectivity index (χ4v) is 1.84. The standard InChI is InChI=1S/C14H14O2/c1-11(15)16-14(13-9-5-6-10-13)12-7-3-2-4-8-12/h2-10,13-14H,1H3/t14-/m0/s1. The maximum Gasteiger partial charge on any atom is 0.303 e. The van der Waals surface area contributed by atoms with Crippen molar-refractivity contribution in [3.05, 3.63) is 60.2 Å². The molecule has 1 atom stereocenters. The number of rotatable bonds is 3. The van der Waals surface area contributed by atoms with Crippen LogP contribution in [0.1, 0.15) is 18.6 Å². The zero-order valence-electron chi connectivity index (χ0n) is 9.17. The molecule has 0 radical (unpaired) electrons.